The van der Waals surface area contributed by atoms with E-state index >= 15 is 0 Å². The average molecular weight is 244 g/mol. The van der Waals surface area contributed by atoms with Crippen molar-refractivity contribution in [1.82, 2.24) is 5.32 Å². The number of nitrogens with one attached hydrogen (secondary N) is 1. The number of rotatable bonds is 5. The molecule has 0 aliphatic rings. The molecule has 88 valence electrons. The maximum atomic E-state index is 11.4. The van der Waals surface area contributed by atoms with Gasteiger partial charge >= 0.3 is 0 Å². The number of halogens is 1. The van der Waals surface area contributed by atoms with Gasteiger partial charge in [0.2, 0.25) is 0 Å². The number of hydrogen-bond donors (Lipinski definition) is 2. The van der Waals surface area contributed by atoms with Gasteiger partial charge in [0, 0.05) is 11.6 Å². The fourth-order valence-electron chi connectivity index (χ4n) is 1.12. The minimum atomic E-state index is -0.620. The van der Waals surface area contributed by atoms with Crippen LogP contribution in [0.15, 0.2) is 24.3 Å². The Balaban J connectivity index is 2.50. The minimum Gasteiger partial charge on any atom is -0.481 e. The highest BCUT2D eigenvalue weighted by Crippen LogP contribution is 2.18. The lowest BCUT2D eigenvalue weighted by atomic mass is 10.3. The standard InChI is InChI=1S/C11H14ClNO3/c1-8(11(15)13-5-6-14)16-10-4-2-3-9(12)7-10/h2-4,7-8,14H,5-6H2,1H3,(H,13,15). The molecule has 0 heterocycles. The number of aliphatic hydroxyl groups is 1. The first-order chi connectivity index (χ1) is 7.63. The van der Waals surface area contributed by atoms with Crippen LogP contribution in [0, 0.1) is 0 Å². The van der Waals surface area contributed by atoms with Gasteiger partial charge in [0.25, 0.3) is 5.91 Å². The molecule has 1 amide bonds. The van der Waals surface area contributed by atoms with E-state index < -0.39 is 6.10 Å². The van der Waals surface area contributed by atoms with E-state index in [1.165, 1.54) is 0 Å². The molecule has 0 aromatic heterocycles. The van der Waals surface area contributed by atoms with Crippen molar-refractivity contribution in [2.24, 2.45) is 0 Å². The molecule has 1 atom stereocenters. The van der Waals surface area contributed by atoms with Crippen LogP contribution in [0.1, 0.15) is 6.92 Å². The zero-order chi connectivity index (χ0) is 12.0. The van der Waals surface area contributed by atoms with Crippen molar-refractivity contribution in [3.8, 4) is 5.75 Å². The van der Waals surface area contributed by atoms with Crippen LogP contribution in [0.5, 0.6) is 5.75 Å². The average Bonchev–Trinajstić information content (AvgIpc) is 2.25. The molecule has 0 saturated heterocycles. The second kappa shape index (κ2) is 6.35. The zero-order valence-electron chi connectivity index (χ0n) is 8.94. The predicted octanol–water partition coefficient (Wildman–Crippen LogP) is 1.22. The number of amides is 1. The summed E-state index contributed by atoms with van der Waals surface area (Å²) in [5, 5.41) is 11.6. The van der Waals surface area contributed by atoms with Crippen molar-refractivity contribution in [1.29, 1.82) is 0 Å². The number of benzene rings is 1. The Hall–Kier alpha value is -1.26. The van der Waals surface area contributed by atoms with Crippen molar-refractivity contribution < 1.29 is 14.6 Å². The molecule has 1 aromatic carbocycles. The smallest absolute Gasteiger partial charge is 0.260 e. The van der Waals surface area contributed by atoms with Gasteiger partial charge in [0.15, 0.2) is 6.10 Å². The second-order valence-electron chi connectivity index (χ2n) is 3.23. The lowest BCUT2D eigenvalue weighted by molar-refractivity contribution is -0.127. The Labute approximate surface area is 99.2 Å². The monoisotopic (exact) mass is 243 g/mol. The Kier molecular flexibility index (Phi) is 5.08. The third-order valence-electron chi connectivity index (χ3n) is 1.89. The minimum absolute atomic E-state index is 0.0877. The van der Waals surface area contributed by atoms with E-state index in [-0.39, 0.29) is 19.1 Å². The Morgan fingerprint density at radius 3 is 3.00 bits per heavy atom. The van der Waals surface area contributed by atoms with Gasteiger partial charge in [0.1, 0.15) is 5.75 Å². The van der Waals surface area contributed by atoms with Crippen LogP contribution >= 0.6 is 11.6 Å². The summed E-state index contributed by atoms with van der Waals surface area (Å²) in [4.78, 5) is 11.4. The third-order valence-corrected chi connectivity index (χ3v) is 2.12. The molecular weight excluding hydrogens is 230 g/mol. The molecular formula is C11H14ClNO3. The molecule has 0 spiro atoms. The van der Waals surface area contributed by atoms with Crippen LogP contribution in [-0.2, 0) is 4.79 Å². The van der Waals surface area contributed by atoms with Crippen molar-refractivity contribution >= 4 is 17.5 Å². The lowest BCUT2D eigenvalue weighted by Gasteiger charge is -2.14. The summed E-state index contributed by atoms with van der Waals surface area (Å²) in [5.41, 5.74) is 0. The van der Waals surface area contributed by atoms with E-state index in [4.69, 9.17) is 21.4 Å². The molecule has 0 fully saturated rings. The van der Waals surface area contributed by atoms with Crippen LogP contribution in [0.2, 0.25) is 5.02 Å². The molecule has 2 N–H and O–H groups in total. The van der Waals surface area contributed by atoms with Gasteiger partial charge in [0.05, 0.1) is 6.61 Å². The van der Waals surface area contributed by atoms with E-state index in [9.17, 15) is 4.79 Å². The molecule has 5 heteroatoms. The largest absolute Gasteiger partial charge is 0.481 e. The van der Waals surface area contributed by atoms with Gasteiger partial charge in [-0.25, -0.2) is 0 Å². The molecule has 0 aliphatic carbocycles. The van der Waals surface area contributed by atoms with Crippen molar-refractivity contribution in [2.75, 3.05) is 13.2 Å². The summed E-state index contributed by atoms with van der Waals surface area (Å²) in [6.07, 6.45) is -0.620. The maximum absolute atomic E-state index is 11.4. The summed E-state index contributed by atoms with van der Waals surface area (Å²) in [7, 11) is 0. The molecule has 0 aliphatic heterocycles. The van der Waals surface area contributed by atoms with Crippen LogP contribution in [0.4, 0.5) is 0 Å². The van der Waals surface area contributed by atoms with E-state index in [0.717, 1.165) is 0 Å². The van der Waals surface area contributed by atoms with E-state index in [0.29, 0.717) is 10.8 Å². The summed E-state index contributed by atoms with van der Waals surface area (Å²) in [6, 6.07) is 6.83. The van der Waals surface area contributed by atoms with Gasteiger partial charge in [-0.05, 0) is 25.1 Å². The Bertz CT molecular complexity index is 357. The van der Waals surface area contributed by atoms with E-state index in [1.807, 2.05) is 0 Å². The fraction of sp³-hybridized carbons (Fsp3) is 0.364. The molecule has 0 radical (unpaired) electrons. The number of hydrogen-bond acceptors (Lipinski definition) is 3. The van der Waals surface area contributed by atoms with Crippen LogP contribution in [-0.4, -0.2) is 30.3 Å². The van der Waals surface area contributed by atoms with Gasteiger partial charge in [-0.15, -0.1) is 0 Å². The molecule has 1 unspecified atom stereocenters. The highest BCUT2D eigenvalue weighted by atomic mass is 35.5. The predicted molar refractivity (Wildman–Crippen MR) is 61.6 cm³/mol. The maximum Gasteiger partial charge on any atom is 0.260 e. The molecule has 1 aromatic rings. The molecule has 16 heavy (non-hydrogen) atoms. The highest BCUT2D eigenvalue weighted by Gasteiger charge is 2.13. The van der Waals surface area contributed by atoms with Gasteiger partial charge in [-0.1, -0.05) is 17.7 Å². The second-order valence-corrected chi connectivity index (χ2v) is 3.67. The van der Waals surface area contributed by atoms with E-state index in [2.05, 4.69) is 5.32 Å². The zero-order valence-corrected chi connectivity index (χ0v) is 9.70. The number of ether oxygens (including phenoxy) is 1. The summed E-state index contributed by atoms with van der Waals surface area (Å²) < 4.78 is 5.38. The van der Waals surface area contributed by atoms with Gasteiger partial charge in [-0.2, -0.15) is 0 Å². The lowest BCUT2D eigenvalue weighted by Crippen LogP contribution is -2.37. The summed E-state index contributed by atoms with van der Waals surface area (Å²) in [5.74, 6) is 0.271. The first kappa shape index (κ1) is 12.8. The Morgan fingerprint density at radius 1 is 1.62 bits per heavy atom. The fourth-order valence-corrected chi connectivity index (χ4v) is 1.30. The van der Waals surface area contributed by atoms with Gasteiger partial charge < -0.3 is 15.2 Å². The van der Waals surface area contributed by atoms with Crippen molar-refractivity contribution in [3.05, 3.63) is 29.3 Å². The first-order valence-electron chi connectivity index (χ1n) is 4.94. The Morgan fingerprint density at radius 2 is 2.38 bits per heavy atom. The molecule has 4 nitrogen and oxygen atoms in total. The van der Waals surface area contributed by atoms with Crippen molar-refractivity contribution in [2.45, 2.75) is 13.0 Å². The van der Waals surface area contributed by atoms with Crippen LogP contribution in [0.3, 0.4) is 0 Å². The summed E-state index contributed by atoms with van der Waals surface area (Å²) >= 11 is 5.78. The van der Waals surface area contributed by atoms with Gasteiger partial charge in [-0.3, -0.25) is 4.79 Å². The highest BCUT2D eigenvalue weighted by molar-refractivity contribution is 6.30. The summed E-state index contributed by atoms with van der Waals surface area (Å²) in [6.45, 7) is 1.77. The van der Waals surface area contributed by atoms with Crippen molar-refractivity contribution in [3.63, 3.8) is 0 Å². The molecule has 0 bridgehead atoms. The number of aliphatic hydroxyl groups excluding tert-OH is 1. The van der Waals surface area contributed by atoms with Crippen LogP contribution < -0.4 is 10.1 Å². The van der Waals surface area contributed by atoms with E-state index in [1.54, 1.807) is 31.2 Å². The normalized spacial score (nSPS) is 11.9. The van der Waals surface area contributed by atoms with Crippen LogP contribution in [0.25, 0.3) is 0 Å². The quantitative estimate of drug-likeness (QED) is 0.818. The number of carbonyl (C=O) groups is 1. The topological polar surface area (TPSA) is 58.6 Å². The molecule has 1 rings (SSSR count). The number of carbonyl (C=O) groups excluding carboxylic acids is 1. The molecule has 0 saturated carbocycles. The first-order valence-corrected chi connectivity index (χ1v) is 5.32. The SMILES string of the molecule is CC(Oc1cccc(Cl)c1)C(=O)NCCO. The third kappa shape index (κ3) is 4.08.